The van der Waals surface area contributed by atoms with E-state index in [1.165, 1.54) is 88.2 Å². The van der Waals surface area contributed by atoms with E-state index in [4.69, 9.17) is 9.47 Å². The molecule has 34 heavy (non-hydrogen) atoms. The van der Waals surface area contributed by atoms with Crippen LogP contribution >= 0.6 is 0 Å². The average Bonchev–Trinajstić information content (AvgIpc) is 2.85. The molecule has 0 bridgehead atoms. The van der Waals surface area contributed by atoms with Gasteiger partial charge in [-0.25, -0.2) is 0 Å². The summed E-state index contributed by atoms with van der Waals surface area (Å²) in [7, 11) is 0. The van der Waals surface area contributed by atoms with Gasteiger partial charge in [0.2, 0.25) is 0 Å². The lowest BCUT2D eigenvalue weighted by Crippen LogP contribution is -2.31. The van der Waals surface area contributed by atoms with Gasteiger partial charge in [0.1, 0.15) is 23.7 Å². The van der Waals surface area contributed by atoms with E-state index in [2.05, 4.69) is 76.2 Å². The van der Waals surface area contributed by atoms with E-state index in [9.17, 15) is 0 Å². The molecular formula is C32H50O2. The van der Waals surface area contributed by atoms with Crippen molar-refractivity contribution in [3.05, 3.63) is 59.7 Å². The summed E-state index contributed by atoms with van der Waals surface area (Å²) in [5.41, 5.74) is 2.81. The zero-order chi connectivity index (χ0) is 24.4. The second-order valence-electron chi connectivity index (χ2n) is 9.97. The molecule has 2 aromatic carbocycles. The fourth-order valence-electron chi connectivity index (χ4n) is 4.31. The average molecular weight is 467 g/mol. The Morgan fingerprint density at radius 3 is 1.15 bits per heavy atom. The molecule has 2 unspecified atom stereocenters. The first kappa shape index (κ1) is 28.3. The lowest BCUT2D eigenvalue weighted by atomic mass is 10.0. The first-order valence-corrected chi connectivity index (χ1v) is 14.1. The molecule has 0 amide bonds. The third-order valence-electron chi connectivity index (χ3n) is 6.79. The Kier molecular flexibility index (Phi) is 14.5. The standard InChI is InChI=1S/C32H50O2/c1-5-7-9-11-13-15-17-29-19-23-31(24-20-29)33-27(3)28(4)34-32-25-21-30(22-26-32)18-16-14-12-10-8-6-2/h19-28H,5-18H2,1-4H3. The molecule has 2 atom stereocenters. The van der Waals surface area contributed by atoms with Crippen LogP contribution in [0.5, 0.6) is 11.5 Å². The highest BCUT2D eigenvalue weighted by Gasteiger charge is 2.16. The van der Waals surface area contributed by atoms with Crippen molar-refractivity contribution in [2.45, 2.75) is 130 Å². The molecule has 0 aliphatic rings. The summed E-state index contributed by atoms with van der Waals surface area (Å²) in [4.78, 5) is 0. The van der Waals surface area contributed by atoms with Crippen molar-refractivity contribution in [3.8, 4) is 11.5 Å². The normalized spacial score (nSPS) is 12.9. The minimum absolute atomic E-state index is 0.0211. The van der Waals surface area contributed by atoms with Gasteiger partial charge < -0.3 is 9.47 Å². The van der Waals surface area contributed by atoms with Gasteiger partial charge in [-0.2, -0.15) is 0 Å². The van der Waals surface area contributed by atoms with Gasteiger partial charge in [-0.1, -0.05) is 102 Å². The van der Waals surface area contributed by atoms with Crippen molar-refractivity contribution in [3.63, 3.8) is 0 Å². The lowest BCUT2D eigenvalue weighted by Gasteiger charge is -2.23. The van der Waals surface area contributed by atoms with Gasteiger partial charge >= 0.3 is 0 Å². The highest BCUT2D eigenvalue weighted by molar-refractivity contribution is 5.29. The zero-order valence-electron chi connectivity index (χ0n) is 22.5. The Morgan fingerprint density at radius 1 is 0.471 bits per heavy atom. The predicted octanol–water partition coefficient (Wildman–Crippen LogP) is 9.73. The molecule has 0 N–H and O–H groups in total. The first-order chi connectivity index (χ1) is 16.6. The summed E-state index contributed by atoms with van der Waals surface area (Å²) in [5, 5.41) is 0. The van der Waals surface area contributed by atoms with Gasteiger partial charge in [0.05, 0.1) is 0 Å². The van der Waals surface area contributed by atoms with Crippen molar-refractivity contribution in [2.24, 2.45) is 0 Å². The first-order valence-electron chi connectivity index (χ1n) is 14.1. The molecule has 0 aromatic heterocycles. The number of unbranched alkanes of at least 4 members (excludes halogenated alkanes) is 10. The second kappa shape index (κ2) is 17.5. The van der Waals surface area contributed by atoms with Gasteiger partial charge in [-0.15, -0.1) is 0 Å². The summed E-state index contributed by atoms with van der Waals surface area (Å²) in [5.74, 6) is 1.84. The van der Waals surface area contributed by atoms with E-state index in [-0.39, 0.29) is 12.2 Å². The molecule has 0 radical (unpaired) electrons. The summed E-state index contributed by atoms with van der Waals surface area (Å²) in [6.45, 7) is 8.71. The van der Waals surface area contributed by atoms with E-state index in [1.54, 1.807) is 0 Å². The smallest absolute Gasteiger partial charge is 0.132 e. The van der Waals surface area contributed by atoms with Gasteiger partial charge in [-0.05, 0) is 74.9 Å². The maximum Gasteiger partial charge on any atom is 0.132 e. The van der Waals surface area contributed by atoms with Crippen LogP contribution in [0.4, 0.5) is 0 Å². The van der Waals surface area contributed by atoms with Crippen molar-refractivity contribution in [1.82, 2.24) is 0 Å². The number of benzene rings is 2. The van der Waals surface area contributed by atoms with E-state index in [0.29, 0.717) is 0 Å². The third kappa shape index (κ3) is 12.0. The highest BCUT2D eigenvalue weighted by atomic mass is 16.5. The Labute approximate surface area is 210 Å². The van der Waals surface area contributed by atoms with E-state index in [0.717, 1.165) is 24.3 Å². The van der Waals surface area contributed by atoms with Crippen molar-refractivity contribution < 1.29 is 9.47 Å². The van der Waals surface area contributed by atoms with Gasteiger partial charge in [0.25, 0.3) is 0 Å². The van der Waals surface area contributed by atoms with Crippen LogP contribution < -0.4 is 9.47 Å². The van der Waals surface area contributed by atoms with Crippen molar-refractivity contribution >= 4 is 0 Å². The molecule has 2 nitrogen and oxygen atoms in total. The molecule has 190 valence electrons. The van der Waals surface area contributed by atoms with Gasteiger partial charge in [0.15, 0.2) is 0 Å². The minimum Gasteiger partial charge on any atom is -0.487 e. The Hall–Kier alpha value is -1.96. The Balaban J connectivity index is 1.67. The Morgan fingerprint density at radius 2 is 0.794 bits per heavy atom. The summed E-state index contributed by atoms with van der Waals surface area (Å²) >= 11 is 0. The number of aryl methyl sites for hydroxylation is 2. The lowest BCUT2D eigenvalue weighted by molar-refractivity contribution is 0.0779. The summed E-state index contributed by atoms with van der Waals surface area (Å²) < 4.78 is 12.3. The zero-order valence-corrected chi connectivity index (χ0v) is 22.5. The van der Waals surface area contributed by atoms with Crippen LogP contribution in [0.2, 0.25) is 0 Å². The molecule has 0 saturated carbocycles. The highest BCUT2D eigenvalue weighted by Crippen LogP contribution is 2.20. The number of hydrogen-bond acceptors (Lipinski definition) is 2. The largest absolute Gasteiger partial charge is 0.487 e. The summed E-state index contributed by atoms with van der Waals surface area (Å²) in [6, 6.07) is 17.3. The fourth-order valence-corrected chi connectivity index (χ4v) is 4.31. The maximum absolute atomic E-state index is 6.17. The van der Waals surface area contributed by atoms with Crippen molar-refractivity contribution in [2.75, 3.05) is 0 Å². The molecule has 2 aromatic rings. The van der Waals surface area contributed by atoms with Crippen LogP contribution in [0.3, 0.4) is 0 Å². The molecule has 0 aliphatic carbocycles. The SMILES string of the molecule is CCCCCCCCc1ccc(OC(C)C(C)Oc2ccc(CCCCCCCC)cc2)cc1. The van der Waals surface area contributed by atoms with E-state index >= 15 is 0 Å². The monoisotopic (exact) mass is 466 g/mol. The van der Waals surface area contributed by atoms with Crippen LogP contribution in [0.1, 0.15) is 116 Å². The molecular weight excluding hydrogens is 416 g/mol. The van der Waals surface area contributed by atoms with Crippen LogP contribution in [0.25, 0.3) is 0 Å². The second-order valence-corrected chi connectivity index (χ2v) is 9.97. The molecule has 0 spiro atoms. The number of hydrogen-bond donors (Lipinski definition) is 0. The fraction of sp³-hybridized carbons (Fsp3) is 0.625. The molecule has 0 aliphatic heterocycles. The van der Waals surface area contributed by atoms with Crippen LogP contribution in [-0.4, -0.2) is 12.2 Å². The van der Waals surface area contributed by atoms with E-state index < -0.39 is 0 Å². The molecule has 0 fully saturated rings. The Bertz CT molecular complexity index is 669. The van der Waals surface area contributed by atoms with Crippen LogP contribution in [-0.2, 0) is 12.8 Å². The van der Waals surface area contributed by atoms with Gasteiger partial charge in [0, 0.05) is 0 Å². The van der Waals surface area contributed by atoms with Gasteiger partial charge in [-0.3, -0.25) is 0 Å². The number of ether oxygens (including phenoxy) is 2. The third-order valence-corrected chi connectivity index (χ3v) is 6.79. The van der Waals surface area contributed by atoms with Crippen molar-refractivity contribution in [1.29, 1.82) is 0 Å². The predicted molar refractivity (Wildman–Crippen MR) is 147 cm³/mol. The minimum atomic E-state index is -0.0211. The molecule has 0 saturated heterocycles. The summed E-state index contributed by atoms with van der Waals surface area (Å²) in [6.07, 6.45) is 18.4. The molecule has 2 heteroatoms. The van der Waals surface area contributed by atoms with Crippen LogP contribution in [0.15, 0.2) is 48.5 Å². The van der Waals surface area contributed by atoms with Crippen LogP contribution in [0, 0.1) is 0 Å². The van der Waals surface area contributed by atoms with E-state index in [1.807, 2.05) is 0 Å². The maximum atomic E-state index is 6.17. The molecule has 2 rings (SSSR count). The molecule has 0 heterocycles. The quantitative estimate of drug-likeness (QED) is 0.192. The number of rotatable bonds is 19. The topological polar surface area (TPSA) is 18.5 Å².